The summed E-state index contributed by atoms with van der Waals surface area (Å²) in [5.41, 5.74) is 0.483. The number of benzene rings is 1. The van der Waals surface area contributed by atoms with E-state index >= 15 is 0 Å². The molecule has 0 aliphatic carbocycles. The third-order valence-corrected chi connectivity index (χ3v) is 4.28. The first-order chi connectivity index (χ1) is 8.45. The van der Waals surface area contributed by atoms with Crippen LogP contribution in [-0.2, 0) is 9.84 Å². The van der Waals surface area contributed by atoms with E-state index in [0.717, 1.165) is 23.5 Å². The smallest absolute Gasteiger partial charge is 0.251 e. The van der Waals surface area contributed by atoms with Crippen LogP contribution in [0, 0.1) is 0 Å². The van der Waals surface area contributed by atoms with Crippen LogP contribution in [0.25, 0.3) is 0 Å². The molecule has 1 N–H and O–H groups in total. The molecule has 18 heavy (non-hydrogen) atoms. The van der Waals surface area contributed by atoms with E-state index in [1.807, 2.05) is 0 Å². The predicted molar refractivity (Wildman–Crippen MR) is 80.0 cm³/mol. The second-order valence-corrected chi connectivity index (χ2v) is 7.04. The highest BCUT2D eigenvalue weighted by atomic mass is 127. The second kappa shape index (κ2) is 7.08. The molecule has 0 aliphatic heterocycles. The van der Waals surface area contributed by atoms with Crippen LogP contribution in [0.3, 0.4) is 0 Å². The van der Waals surface area contributed by atoms with Gasteiger partial charge in [0.05, 0.1) is 4.90 Å². The van der Waals surface area contributed by atoms with Crippen molar-refractivity contribution in [3.63, 3.8) is 0 Å². The lowest BCUT2D eigenvalue weighted by Crippen LogP contribution is -2.24. The number of hydrogen-bond acceptors (Lipinski definition) is 3. The van der Waals surface area contributed by atoms with Crippen LogP contribution >= 0.6 is 22.6 Å². The van der Waals surface area contributed by atoms with Crippen molar-refractivity contribution in [2.24, 2.45) is 0 Å². The molecular weight excluding hydrogens is 365 g/mol. The highest BCUT2D eigenvalue weighted by Crippen LogP contribution is 2.10. The van der Waals surface area contributed by atoms with E-state index in [2.05, 4.69) is 27.9 Å². The van der Waals surface area contributed by atoms with Crippen molar-refractivity contribution in [2.75, 3.05) is 17.2 Å². The largest absolute Gasteiger partial charge is 0.352 e. The van der Waals surface area contributed by atoms with Gasteiger partial charge in [0.1, 0.15) is 0 Å². The Morgan fingerprint density at radius 3 is 2.33 bits per heavy atom. The molecule has 0 aromatic heterocycles. The van der Waals surface area contributed by atoms with Gasteiger partial charge >= 0.3 is 0 Å². The molecule has 0 saturated heterocycles. The molecule has 0 saturated carbocycles. The molecule has 1 aromatic rings. The molecule has 100 valence electrons. The van der Waals surface area contributed by atoms with Crippen LogP contribution in [0.1, 0.15) is 23.2 Å². The summed E-state index contributed by atoms with van der Waals surface area (Å²) in [7, 11) is -3.20. The molecule has 0 spiro atoms. The van der Waals surface area contributed by atoms with Crippen LogP contribution < -0.4 is 5.32 Å². The fourth-order valence-corrected chi connectivity index (χ4v) is 2.55. The zero-order valence-corrected chi connectivity index (χ0v) is 13.1. The van der Waals surface area contributed by atoms with Crippen LogP contribution in [0.4, 0.5) is 0 Å². The third kappa shape index (κ3) is 4.93. The standard InChI is InChI=1S/C12H16INO3S/c1-18(16,17)11-6-4-10(5-7-11)12(15)14-9-3-2-8-13/h4-7H,2-3,8-9H2,1H3,(H,14,15). The summed E-state index contributed by atoms with van der Waals surface area (Å²) in [5, 5.41) is 2.80. The van der Waals surface area contributed by atoms with E-state index < -0.39 is 9.84 Å². The minimum Gasteiger partial charge on any atom is -0.352 e. The molecular formula is C12H16INO3S. The number of nitrogens with one attached hydrogen (secondary N) is 1. The molecule has 0 fully saturated rings. The van der Waals surface area contributed by atoms with Gasteiger partial charge in [-0.3, -0.25) is 4.79 Å². The summed E-state index contributed by atoms with van der Waals surface area (Å²) >= 11 is 2.30. The number of sulfone groups is 1. The van der Waals surface area contributed by atoms with Crippen LogP contribution in [0.15, 0.2) is 29.2 Å². The van der Waals surface area contributed by atoms with Gasteiger partial charge in [-0.05, 0) is 41.5 Å². The van der Waals surface area contributed by atoms with E-state index in [9.17, 15) is 13.2 Å². The van der Waals surface area contributed by atoms with Crippen molar-refractivity contribution in [1.29, 1.82) is 0 Å². The Labute approximate surface area is 121 Å². The highest BCUT2D eigenvalue weighted by Gasteiger charge is 2.09. The number of hydrogen-bond donors (Lipinski definition) is 1. The highest BCUT2D eigenvalue weighted by molar-refractivity contribution is 14.1. The maximum Gasteiger partial charge on any atom is 0.251 e. The first kappa shape index (κ1) is 15.4. The lowest BCUT2D eigenvalue weighted by Gasteiger charge is -2.05. The molecule has 1 aromatic carbocycles. The first-order valence-electron chi connectivity index (χ1n) is 5.59. The van der Waals surface area contributed by atoms with Gasteiger partial charge in [-0.15, -0.1) is 0 Å². The van der Waals surface area contributed by atoms with Crippen molar-refractivity contribution in [3.05, 3.63) is 29.8 Å². The van der Waals surface area contributed by atoms with E-state index in [1.165, 1.54) is 24.3 Å². The summed E-state index contributed by atoms with van der Waals surface area (Å²) in [6, 6.07) is 5.97. The number of amides is 1. The molecule has 4 nitrogen and oxygen atoms in total. The Hall–Kier alpha value is -0.630. The van der Waals surface area contributed by atoms with Gasteiger partial charge < -0.3 is 5.32 Å². The third-order valence-electron chi connectivity index (χ3n) is 2.39. The minimum absolute atomic E-state index is 0.163. The summed E-state index contributed by atoms with van der Waals surface area (Å²) in [6.45, 7) is 0.648. The Bertz CT molecular complexity index is 497. The number of rotatable bonds is 6. The number of alkyl halides is 1. The average Bonchev–Trinajstić information content (AvgIpc) is 2.33. The van der Waals surface area contributed by atoms with Crippen molar-refractivity contribution >= 4 is 38.3 Å². The molecule has 1 amide bonds. The molecule has 0 atom stereocenters. The number of carbonyl (C=O) groups excluding carboxylic acids is 1. The molecule has 1 rings (SSSR count). The summed E-state index contributed by atoms with van der Waals surface area (Å²) in [5.74, 6) is -0.163. The zero-order valence-electron chi connectivity index (χ0n) is 10.1. The number of unbranched alkanes of at least 4 members (excludes halogenated alkanes) is 1. The van der Waals surface area contributed by atoms with E-state index in [0.29, 0.717) is 12.1 Å². The van der Waals surface area contributed by atoms with Gasteiger partial charge in [-0.1, -0.05) is 22.6 Å². The molecule has 0 unspecified atom stereocenters. The van der Waals surface area contributed by atoms with E-state index in [1.54, 1.807) is 0 Å². The van der Waals surface area contributed by atoms with Gasteiger partial charge in [-0.25, -0.2) is 8.42 Å². The summed E-state index contributed by atoms with van der Waals surface area (Å²) < 4.78 is 23.6. The SMILES string of the molecule is CS(=O)(=O)c1ccc(C(=O)NCCCCI)cc1. The van der Waals surface area contributed by atoms with E-state index in [4.69, 9.17) is 0 Å². The average molecular weight is 381 g/mol. The molecule has 0 radical (unpaired) electrons. The van der Waals surface area contributed by atoms with Gasteiger partial charge in [-0.2, -0.15) is 0 Å². The Morgan fingerprint density at radius 1 is 1.22 bits per heavy atom. The lowest BCUT2D eigenvalue weighted by atomic mass is 10.2. The van der Waals surface area contributed by atoms with Crippen molar-refractivity contribution < 1.29 is 13.2 Å². The topological polar surface area (TPSA) is 63.2 Å². The van der Waals surface area contributed by atoms with Crippen LogP contribution in [0.5, 0.6) is 0 Å². The van der Waals surface area contributed by atoms with Crippen molar-refractivity contribution in [2.45, 2.75) is 17.7 Å². The van der Waals surface area contributed by atoms with Crippen molar-refractivity contribution in [3.8, 4) is 0 Å². The van der Waals surface area contributed by atoms with Gasteiger partial charge in [0.2, 0.25) is 0 Å². The predicted octanol–water partition coefficient (Wildman–Crippen LogP) is 2.04. The quantitative estimate of drug-likeness (QED) is 0.466. The summed E-state index contributed by atoms with van der Waals surface area (Å²) in [4.78, 5) is 11.9. The maximum atomic E-state index is 11.7. The molecule has 0 heterocycles. The maximum absolute atomic E-state index is 11.7. The second-order valence-electron chi connectivity index (χ2n) is 3.95. The number of halogens is 1. The lowest BCUT2D eigenvalue weighted by molar-refractivity contribution is 0.0953. The molecule has 0 aliphatic rings. The fraction of sp³-hybridized carbons (Fsp3) is 0.417. The van der Waals surface area contributed by atoms with Crippen LogP contribution in [0.2, 0.25) is 0 Å². The van der Waals surface area contributed by atoms with Gasteiger partial charge in [0.15, 0.2) is 9.84 Å². The van der Waals surface area contributed by atoms with E-state index in [-0.39, 0.29) is 10.8 Å². The Morgan fingerprint density at radius 2 is 1.83 bits per heavy atom. The van der Waals surface area contributed by atoms with Gasteiger partial charge in [0.25, 0.3) is 5.91 Å². The van der Waals surface area contributed by atoms with Crippen molar-refractivity contribution in [1.82, 2.24) is 5.32 Å². The number of carbonyl (C=O) groups is 1. The fourth-order valence-electron chi connectivity index (χ4n) is 1.38. The molecule has 6 heteroatoms. The normalized spacial score (nSPS) is 11.2. The summed E-state index contributed by atoms with van der Waals surface area (Å²) in [6.07, 6.45) is 3.18. The Balaban J connectivity index is 2.60. The Kier molecular flexibility index (Phi) is 6.07. The first-order valence-corrected chi connectivity index (χ1v) is 9.01. The molecule has 0 bridgehead atoms. The van der Waals surface area contributed by atoms with Gasteiger partial charge in [0, 0.05) is 18.4 Å². The monoisotopic (exact) mass is 381 g/mol. The minimum atomic E-state index is -3.20. The van der Waals surface area contributed by atoms with Crippen LogP contribution in [-0.4, -0.2) is 31.6 Å². The zero-order chi connectivity index (χ0) is 13.6.